The largest absolute Gasteiger partial charge is 1.00 e. The third-order valence-corrected chi connectivity index (χ3v) is 6.06. The molecule has 0 amide bonds. The van der Waals surface area contributed by atoms with Crippen LogP contribution < -0.4 is 17.3 Å². The Morgan fingerprint density at radius 1 is 1.00 bits per heavy atom. The Hall–Kier alpha value is -0.690. The number of hydrogen-bond donors (Lipinski definition) is 1. The molecule has 0 aromatic carbocycles. The highest BCUT2D eigenvalue weighted by Gasteiger charge is 2.24. The quantitative estimate of drug-likeness (QED) is 0.643. The number of rotatable bonds is 8. The second kappa shape index (κ2) is 11.2. The maximum absolute atomic E-state index is 5.72. The maximum atomic E-state index is 5.72. The van der Waals surface area contributed by atoms with Crippen molar-refractivity contribution in [2.75, 3.05) is 32.8 Å². The summed E-state index contributed by atoms with van der Waals surface area (Å²) in [6.45, 7) is 8.75. The molecular weight excluding hydrogens is 386 g/mol. The summed E-state index contributed by atoms with van der Waals surface area (Å²) in [5, 5.41) is 8.91. The third-order valence-electron chi connectivity index (χ3n) is 4.69. The summed E-state index contributed by atoms with van der Waals surface area (Å²) in [5.74, 6) is 0. The predicted molar refractivity (Wildman–Crippen MR) is 106 cm³/mol. The molecule has 0 spiro atoms. The van der Waals surface area contributed by atoms with Crippen LogP contribution in [-0.2, 0) is 9.47 Å². The van der Waals surface area contributed by atoms with Gasteiger partial charge in [0.15, 0.2) is 0 Å². The number of nitrogens with one attached hydrogen (secondary N) is 1. The molecule has 3 nitrogen and oxygen atoms in total. The zero-order valence-corrected chi connectivity index (χ0v) is 17.9. The highest BCUT2D eigenvalue weighted by molar-refractivity contribution is 7.08. The summed E-state index contributed by atoms with van der Waals surface area (Å²) < 4.78 is 11.4. The minimum Gasteiger partial charge on any atom is -1.00 e. The molecule has 1 aliphatic heterocycles. The van der Waals surface area contributed by atoms with E-state index in [9.17, 15) is 0 Å². The van der Waals surface area contributed by atoms with Crippen molar-refractivity contribution in [1.29, 1.82) is 0 Å². The number of ether oxygens (including phenoxy) is 2. The van der Waals surface area contributed by atoms with Crippen molar-refractivity contribution in [3.8, 4) is 0 Å². The van der Waals surface area contributed by atoms with E-state index in [1.54, 1.807) is 33.1 Å². The molecule has 0 atom stereocenters. The van der Waals surface area contributed by atoms with Gasteiger partial charge < -0.3 is 26.8 Å². The van der Waals surface area contributed by atoms with Crippen LogP contribution in [0.1, 0.15) is 37.8 Å². The first-order valence-corrected chi connectivity index (χ1v) is 11.0. The Balaban J connectivity index is 0.00000243. The van der Waals surface area contributed by atoms with Crippen molar-refractivity contribution in [3.63, 3.8) is 0 Å². The first-order valence-electron chi connectivity index (χ1n) is 9.15. The van der Waals surface area contributed by atoms with Crippen molar-refractivity contribution >= 4 is 28.2 Å². The molecule has 0 bridgehead atoms. The zero-order chi connectivity index (χ0) is 17.5. The number of quaternary nitrogens is 1. The second-order valence-corrected chi connectivity index (χ2v) is 7.86. The molecule has 0 radical (unpaired) electrons. The lowest BCUT2D eigenvalue weighted by atomic mass is 9.91. The zero-order valence-electron chi connectivity index (χ0n) is 15.5. The van der Waals surface area contributed by atoms with Crippen molar-refractivity contribution in [3.05, 3.63) is 50.4 Å². The Labute approximate surface area is 171 Å². The summed E-state index contributed by atoms with van der Waals surface area (Å²) in [5.41, 5.74) is 5.82. The summed E-state index contributed by atoms with van der Waals surface area (Å²) in [4.78, 5) is 1.59. The van der Waals surface area contributed by atoms with Crippen LogP contribution >= 0.6 is 22.7 Å². The van der Waals surface area contributed by atoms with Gasteiger partial charge in [0.05, 0.1) is 13.1 Å². The third kappa shape index (κ3) is 5.65. The van der Waals surface area contributed by atoms with Gasteiger partial charge in [0.25, 0.3) is 0 Å². The minimum atomic E-state index is -0.0660. The standard InChI is InChI=1S/C20H27NO2S2.ClH/c1-3-22-19(23-4-2)13-21-9-5-16(6-10-21)20(17-7-11-24-14-17)18-8-12-25-15-18;/h7-8,11-12,14-15,19H,3-6,9-10,13H2,1-2H3;1H. The van der Waals surface area contributed by atoms with Crippen LogP contribution in [0.5, 0.6) is 0 Å². The van der Waals surface area contributed by atoms with Gasteiger partial charge in [-0.1, -0.05) is 5.57 Å². The smallest absolute Gasteiger partial charge is 0.207 e. The van der Waals surface area contributed by atoms with Crippen LogP contribution in [0, 0.1) is 0 Å². The van der Waals surface area contributed by atoms with Crippen LogP contribution in [0.4, 0.5) is 0 Å². The van der Waals surface area contributed by atoms with E-state index in [2.05, 4.69) is 33.7 Å². The number of hydrogen-bond acceptors (Lipinski definition) is 4. The average molecular weight is 414 g/mol. The second-order valence-electron chi connectivity index (χ2n) is 6.30. The molecule has 2 aromatic rings. The van der Waals surface area contributed by atoms with Crippen molar-refractivity contribution in [2.45, 2.75) is 33.0 Å². The average Bonchev–Trinajstić information content (AvgIpc) is 3.32. The Morgan fingerprint density at radius 3 is 1.96 bits per heavy atom. The van der Waals surface area contributed by atoms with E-state index in [4.69, 9.17) is 9.47 Å². The predicted octanol–water partition coefficient (Wildman–Crippen LogP) is 0.693. The Bertz CT molecular complexity index is 603. The van der Waals surface area contributed by atoms with Gasteiger partial charge in [0.1, 0.15) is 6.54 Å². The molecule has 2 aromatic heterocycles. The number of piperidine rings is 1. The highest BCUT2D eigenvalue weighted by Crippen LogP contribution is 2.32. The lowest BCUT2D eigenvalue weighted by Crippen LogP contribution is -3.14. The van der Waals surface area contributed by atoms with E-state index in [1.165, 1.54) is 16.7 Å². The minimum absolute atomic E-state index is 0. The normalized spacial score (nSPS) is 17.3. The molecule has 0 aliphatic carbocycles. The molecule has 3 heterocycles. The van der Waals surface area contributed by atoms with Crippen molar-refractivity contribution in [1.82, 2.24) is 0 Å². The van der Waals surface area contributed by atoms with E-state index in [0.717, 1.165) is 32.5 Å². The summed E-state index contributed by atoms with van der Waals surface area (Å²) >= 11 is 3.56. The van der Waals surface area contributed by atoms with E-state index in [0.29, 0.717) is 13.2 Å². The van der Waals surface area contributed by atoms with Gasteiger partial charge in [0.2, 0.25) is 6.29 Å². The molecule has 144 valence electrons. The van der Waals surface area contributed by atoms with Crippen LogP contribution in [0.25, 0.3) is 5.57 Å². The molecule has 26 heavy (non-hydrogen) atoms. The van der Waals surface area contributed by atoms with E-state index in [-0.39, 0.29) is 18.7 Å². The van der Waals surface area contributed by atoms with Crippen molar-refractivity contribution < 1.29 is 26.8 Å². The van der Waals surface area contributed by atoms with Gasteiger partial charge in [-0.2, -0.15) is 22.7 Å². The van der Waals surface area contributed by atoms with Crippen molar-refractivity contribution in [2.24, 2.45) is 0 Å². The van der Waals surface area contributed by atoms with Crippen LogP contribution in [0.3, 0.4) is 0 Å². The lowest BCUT2D eigenvalue weighted by molar-refractivity contribution is -0.908. The molecule has 1 fully saturated rings. The van der Waals surface area contributed by atoms with Gasteiger partial charge >= 0.3 is 0 Å². The molecular formula is C20H28ClNO2S2. The molecule has 1 aliphatic rings. The fourth-order valence-electron chi connectivity index (χ4n) is 3.52. The fraction of sp³-hybridized carbons (Fsp3) is 0.500. The SMILES string of the molecule is CCOC(C[NH+]1CCC(=C(c2ccsc2)c2ccsc2)CC1)OCC.[Cl-]. The number of likely N-dealkylation sites (tertiary alicyclic amines) is 1. The lowest BCUT2D eigenvalue weighted by Gasteiger charge is -2.29. The van der Waals surface area contributed by atoms with Gasteiger partial charge in [0, 0.05) is 26.1 Å². The van der Waals surface area contributed by atoms with Crippen LogP contribution in [-0.4, -0.2) is 39.1 Å². The maximum Gasteiger partial charge on any atom is 0.207 e. The van der Waals surface area contributed by atoms with Gasteiger partial charge in [-0.3, -0.25) is 0 Å². The summed E-state index contributed by atoms with van der Waals surface area (Å²) in [6, 6.07) is 4.51. The van der Waals surface area contributed by atoms with E-state index in [1.807, 2.05) is 13.8 Å². The van der Waals surface area contributed by atoms with Gasteiger partial charge in [-0.05, 0) is 64.2 Å². The highest BCUT2D eigenvalue weighted by atomic mass is 35.5. The monoisotopic (exact) mass is 413 g/mol. The van der Waals surface area contributed by atoms with Gasteiger partial charge in [-0.15, -0.1) is 0 Å². The summed E-state index contributed by atoms with van der Waals surface area (Å²) in [7, 11) is 0. The molecule has 6 heteroatoms. The van der Waals surface area contributed by atoms with Crippen LogP contribution in [0.2, 0.25) is 0 Å². The van der Waals surface area contributed by atoms with Gasteiger partial charge in [-0.25, -0.2) is 0 Å². The Morgan fingerprint density at radius 2 is 1.54 bits per heavy atom. The number of thiophene rings is 2. The molecule has 1 saturated heterocycles. The first-order chi connectivity index (χ1) is 12.3. The van der Waals surface area contributed by atoms with Crippen LogP contribution in [0.15, 0.2) is 39.2 Å². The molecule has 3 rings (SSSR count). The molecule has 1 N–H and O–H groups in total. The topological polar surface area (TPSA) is 22.9 Å². The molecule has 0 unspecified atom stereocenters. The summed E-state index contributed by atoms with van der Waals surface area (Å²) in [6.07, 6.45) is 2.24. The first kappa shape index (κ1) is 21.6. The van der Waals surface area contributed by atoms with E-state index < -0.39 is 0 Å². The fourth-order valence-corrected chi connectivity index (χ4v) is 4.81. The number of halogens is 1. The Kier molecular flexibility index (Phi) is 9.33. The van der Waals surface area contributed by atoms with E-state index >= 15 is 0 Å². The molecule has 0 saturated carbocycles.